The number of benzene rings is 1. The molecule has 3 N–H and O–H groups in total. The van der Waals surface area contributed by atoms with Gasteiger partial charge in [-0.15, -0.1) is 0 Å². The molecule has 0 bridgehead atoms. The molecule has 1 atom stereocenters. The lowest BCUT2D eigenvalue weighted by atomic mass is 10.1. The number of anilines is 1. The van der Waals surface area contributed by atoms with Crippen LogP contribution in [0.3, 0.4) is 0 Å². The summed E-state index contributed by atoms with van der Waals surface area (Å²) in [6.45, 7) is 2.23. The van der Waals surface area contributed by atoms with E-state index in [1.807, 2.05) is 0 Å². The van der Waals surface area contributed by atoms with E-state index in [1.165, 1.54) is 6.07 Å². The fraction of sp³-hybridized carbons (Fsp3) is 0.364. The first-order valence-corrected chi connectivity index (χ1v) is 5.75. The Hall–Kier alpha value is -1.07. The van der Waals surface area contributed by atoms with E-state index < -0.39 is 12.1 Å². The van der Waals surface area contributed by atoms with E-state index in [9.17, 15) is 4.79 Å². The van der Waals surface area contributed by atoms with Crippen molar-refractivity contribution in [2.24, 2.45) is 0 Å². The van der Waals surface area contributed by atoms with Crippen molar-refractivity contribution >= 4 is 27.6 Å². The Bertz CT molecular complexity index is 379. The first-order valence-electron chi connectivity index (χ1n) is 4.95. The summed E-state index contributed by atoms with van der Waals surface area (Å²) in [6.07, 6.45) is 0.180. The van der Waals surface area contributed by atoms with Crippen molar-refractivity contribution in [3.63, 3.8) is 0 Å². The molecule has 1 rings (SSSR count). The summed E-state index contributed by atoms with van der Waals surface area (Å²) in [6, 6.07) is 4.94. The Labute approximate surface area is 102 Å². The molecule has 0 aliphatic carbocycles. The molecule has 0 radical (unpaired) electrons. The number of aliphatic hydroxyl groups excluding tert-OH is 1. The van der Waals surface area contributed by atoms with Crippen LogP contribution in [0.5, 0.6) is 0 Å². The maximum Gasteiger partial charge on any atom is 0.337 e. The molecule has 4 nitrogen and oxygen atoms in total. The smallest absolute Gasteiger partial charge is 0.337 e. The normalized spacial score (nSPS) is 12.2. The van der Waals surface area contributed by atoms with E-state index in [1.54, 1.807) is 19.1 Å². The summed E-state index contributed by atoms with van der Waals surface area (Å²) < 4.78 is 0.817. The Morgan fingerprint density at radius 2 is 2.25 bits per heavy atom. The number of nitrogens with one attached hydrogen (secondary N) is 1. The van der Waals surface area contributed by atoms with Gasteiger partial charge in [0.1, 0.15) is 0 Å². The average Bonchev–Trinajstić information content (AvgIpc) is 2.16. The van der Waals surface area contributed by atoms with Gasteiger partial charge in [0.15, 0.2) is 0 Å². The van der Waals surface area contributed by atoms with Gasteiger partial charge in [-0.05, 0) is 31.5 Å². The summed E-state index contributed by atoms with van der Waals surface area (Å²) in [5.74, 6) is -0.966. The monoisotopic (exact) mass is 287 g/mol. The number of carboxylic acids is 1. The van der Waals surface area contributed by atoms with E-state index in [4.69, 9.17) is 10.2 Å². The summed E-state index contributed by atoms with van der Waals surface area (Å²) in [4.78, 5) is 10.9. The topological polar surface area (TPSA) is 69.6 Å². The number of hydrogen-bond acceptors (Lipinski definition) is 3. The predicted octanol–water partition coefficient (Wildman–Crippen LogP) is 2.33. The summed E-state index contributed by atoms with van der Waals surface area (Å²) >= 11 is 3.28. The molecule has 0 saturated carbocycles. The van der Waals surface area contributed by atoms with Crippen LogP contribution in [0, 0.1) is 0 Å². The predicted molar refractivity (Wildman–Crippen MR) is 65.9 cm³/mol. The molecular formula is C11H14BrNO3. The van der Waals surface area contributed by atoms with Gasteiger partial charge < -0.3 is 15.5 Å². The van der Waals surface area contributed by atoms with Crippen LogP contribution < -0.4 is 5.32 Å². The first-order chi connectivity index (χ1) is 7.50. The van der Waals surface area contributed by atoms with Gasteiger partial charge in [0.2, 0.25) is 0 Å². The van der Waals surface area contributed by atoms with Crippen LogP contribution in [-0.2, 0) is 0 Å². The summed E-state index contributed by atoms with van der Waals surface area (Å²) in [7, 11) is 0. The average molecular weight is 288 g/mol. The highest BCUT2D eigenvalue weighted by atomic mass is 79.9. The molecule has 0 heterocycles. The minimum Gasteiger partial charge on any atom is -0.478 e. The van der Waals surface area contributed by atoms with Crippen LogP contribution in [-0.4, -0.2) is 28.8 Å². The van der Waals surface area contributed by atoms with Crippen LogP contribution in [0.15, 0.2) is 22.7 Å². The quantitative estimate of drug-likeness (QED) is 0.777. The number of hydrogen-bond donors (Lipinski definition) is 3. The molecule has 0 aromatic heterocycles. The van der Waals surface area contributed by atoms with Crippen molar-refractivity contribution in [1.29, 1.82) is 0 Å². The second kappa shape index (κ2) is 5.86. The highest BCUT2D eigenvalue weighted by Gasteiger charge is 2.09. The lowest BCUT2D eigenvalue weighted by molar-refractivity contribution is 0.0698. The molecule has 0 amide bonds. The second-order valence-electron chi connectivity index (χ2n) is 3.56. The van der Waals surface area contributed by atoms with Gasteiger partial charge in [-0.1, -0.05) is 15.9 Å². The molecular weight excluding hydrogens is 274 g/mol. The van der Waals surface area contributed by atoms with Gasteiger partial charge in [0, 0.05) is 16.7 Å². The zero-order valence-electron chi connectivity index (χ0n) is 8.90. The number of halogens is 1. The van der Waals surface area contributed by atoms with Crippen molar-refractivity contribution in [3.05, 3.63) is 28.2 Å². The highest BCUT2D eigenvalue weighted by molar-refractivity contribution is 9.10. The molecule has 1 unspecified atom stereocenters. The van der Waals surface area contributed by atoms with Crippen LogP contribution in [0.4, 0.5) is 5.69 Å². The maximum absolute atomic E-state index is 10.9. The number of aromatic carboxylic acids is 1. The van der Waals surface area contributed by atoms with Gasteiger partial charge in [0.05, 0.1) is 11.7 Å². The van der Waals surface area contributed by atoms with Gasteiger partial charge >= 0.3 is 5.97 Å². The van der Waals surface area contributed by atoms with Crippen LogP contribution in [0.25, 0.3) is 0 Å². The summed E-state index contributed by atoms with van der Waals surface area (Å²) in [5.41, 5.74) is 0.788. The van der Waals surface area contributed by atoms with Gasteiger partial charge in [-0.25, -0.2) is 4.79 Å². The fourth-order valence-corrected chi connectivity index (χ4v) is 1.63. The van der Waals surface area contributed by atoms with Crippen LogP contribution >= 0.6 is 15.9 Å². The molecule has 0 aliphatic rings. The molecule has 1 aromatic rings. The third kappa shape index (κ3) is 3.83. The van der Waals surface area contributed by atoms with Crippen molar-refractivity contribution < 1.29 is 15.0 Å². The van der Waals surface area contributed by atoms with Crippen molar-refractivity contribution in [2.45, 2.75) is 19.4 Å². The van der Waals surface area contributed by atoms with Gasteiger partial charge in [0.25, 0.3) is 0 Å². The molecule has 88 valence electrons. The van der Waals surface area contributed by atoms with E-state index >= 15 is 0 Å². The largest absolute Gasteiger partial charge is 0.478 e. The third-order valence-corrected chi connectivity index (χ3v) is 2.58. The van der Waals surface area contributed by atoms with Gasteiger partial charge in [-0.3, -0.25) is 0 Å². The van der Waals surface area contributed by atoms with Crippen LogP contribution in [0.2, 0.25) is 0 Å². The third-order valence-electron chi connectivity index (χ3n) is 2.09. The Balaban J connectivity index is 2.76. The standard InChI is InChI=1S/C11H14BrNO3/c1-7(14)4-5-13-10-6-8(12)2-3-9(10)11(15)16/h2-3,6-7,13-14H,4-5H2,1H3,(H,15,16). The molecule has 1 aromatic carbocycles. The molecule has 0 spiro atoms. The van der Waals surface area contributed by atoms with Crippen molar-refractivity contribution in [3.8, 4) is 0 Å². The Morgan fingerprint density at radius 1 is 1.56 bits per heavy atom. The Kier molecular flexibility index (Phi) is 4.76. The van der Waals surface area contributed by atoms with E-state index in [-0.39, 0.29) is 5.56 Å². The van der Waals surface area contributed by atoms with Crippen molar-refractivity contribution in [1.82, 2.24) is 0 Å². The zero-order chi connectivity index (χ0) is 12.1. The SMILES string of the molecule is CC(O)CCNc1cc(Br)ccc1C(=O)O. The van der Waals surface area contributed by atoms with Gasteiger partial charge in [-0.2, -0.15) is 0 Å². The minimum absolute atomic E-state index is 0.230. The van der Waals surface area contributed by atoms with E-state index in [0.717, 1.165) is 4.47 Å². The molecule has 0 saturated heterocycles. The number of carbonyl (C=O) groups is 1. The number of aliphatic hydroxyl groups is 1. The zero-order valence-corrected chi connectivity index (χ0v) is 10.5. The second-order valence-corrected chi connectivity index (χ2v) is 4.48. The molecule has 0 aliphatic heterocycles. The Morgan fingerprint density at radius 3 is 2.81 bits per heavy atom. The lowest BCUT2D eigenvalue weighted by Gasteiger charge is -2.11. The number of rotatable bonds is 5. The molecule has 0 fully saturated rings. The number of carboxylic acid groups (broad SMARTS) is 1. The van der Waals surface area contributed by atoms with E-state index in [0.29, 0.717) is 18.7 Å². The van der Waals surface area contributed by atoms with E-state index in [2.05, 4.69) is 21.2 Å². The molecule has 16 heavy (non-hydrogen) atoms. The lowest BCUT2D eigenvalue weighted by Crippen LogP contribution is -2.12. The minimum atomic E-state index is -0.966. The molecule has 5 heteroatoms. The first kappa shape index (κ1) is 13.0. The fourth-order valence-electron chi connectivity index (χ4n) is 1.26. The summed E-state index contributed by atoms with van der Waals surface area (Å²) in [5, 5.41) is 21.1. The van der Waals surface area contributed by atoms with Crippen molar-refractivity contribution in [2.75, 3.05) is 11.9 Å². The maximum atomic E-state index is 10.9. The highest BCUT2D eigenvalue weighted by Crippen LogP contribution is 2.21. The van der Waals surface area contributed by atoms with Crippen LogP contribution in [0.1, 0.15) is 23.7 Å².